The Balaban J connectivity index is 1.17. The van der Waals surface area contributed by atoms with Crippen molar-refractivity contribution in [1.29, 1.82) is 0 Å². The summed E-state index contributed by atoms with van der Waals surface area (Å²) in [6.07, 6.45) is -5.08. The van der Waals surface area contributed by atoms with Crippen LogP contribution in [0.3, 0.4) is 0 Å². The van der Waals surface area contributed by atoms with E-state index in [1.807, 2.05) is 5.38 Å². The quantitative estimate of drug-likeness (QED) is 0.368. The third-order valence-corrected chi connectivity index (χ3v) is 8.24. The summed E-state index contributed by atoms with van der Waals surface area (Å²) in [6.45, 7) is 0.766. The van der Waals surface area contributed by atoms with Crippen LogP contribution in [-0.2, 0) is 22.7 Å². The number of thiazole rings is 1. The Morgan fingerprint density at radius 3 is 2.44 bits per heavy atom. The molecule has 1 aliphatic heterocycles. The highest BCUT2D eigenvalue weighted by molar-refractivity contribution is 7.09. The second-order valence-electron chi connectivity index (χ2n) is 9.95. The van der Waals surface area contributed by atoms with Crippen molar-refractivity contribution in [3.63, 3.8) is 0 Å². The van der Waals surface area contributed by atoms with Crippen LogP contribution >= 0.6 is 11.3 Å². The number of amides is 1. The molecule has 0 bridgehead atoms. The van der Waals surface area contributed by atoms with E-state index >= 15 is 0 Å². The molecule has 2 aromatic heterocycles. The van der Waals surface area contributed by atoms with Gasteiger partial charge in [0, 0.05) is 41.8 Å². The van der Waals surface area contributed by atoms with Crippen LogP contribution in [0, 0.1) is 0 Å². The third-order valence-electron chi connectivity index (χ3n) is 7.27. The molecule has 1 saturated heterocycles. The first-order valence-electron chi connectivity index (χ1n) is 12.3. The van der Waals surface area contributed by atoms with Crippen molar-refractivity contribution in [2.75, 3.05) is 25.0 Å². The van der Waals surface area contributed by atoms with E-state index in [0.29, 0.717) is 44.1 Å². The van der Waals surface area contributed by atoms with Crippen LogP contribution < -0.4 is 10.6 Å². The number of pyridine rings is 1. The highest BCUT2D eigenvalue weighted by Gasteiger charge is 2.41. The maximum Gasteiger partial charge on any atom is 0.433 e. The molecule has 5 rings (SSSR count). The average molecular weight is 574 g/mol. The van der Waals surface area contributed by atoms with Crippen molar-refractivity contribution in [2.45, 2.75) is 55.7 Å². The first kappa shape index (κ1) is 27.6. The van der Waals surface area contributed by atoms with Crippen LogP contribution in [0.4, 0.5) is 32.0 Å². The predicted octanol–water partition coefficient (Wildman–Crippen LogP) is 4.77. The van der Waals surface area contributed by atoms with Crippen molar-refractivity contribution in [3.05, 3.63) is 52.1 Å². The fraction of sp³-hybridized carbons (Fsp3) is 0.480. The SMILES string of the molecule is O=C(CNc1cc(C(F)(F)F)nc2ccc(C(F)(F)F)cc12)NC1CN([C@H]2CC[C@](O)(c3nccs3)CC2)C1. The third kappa shape index (κ3) is 5.97. The van der Waals surface area contributed by atoms with Crippen molar-refractivity contribution in [2.24, 2.45) is 0 Å². The van der Waals surface area contributed by atoms with Gasteiger partial charge in [-0.15, -0.1) is 11.3 Å². The lowest BCUT2D eigenvalue weighted by atomic mass is 9.81. The zero-order valence-electron chi connectivity index (χ0n) is 20.4. The second kappa shape index (κ2) is 10.2. The van der Waals surface area contributed by atoms with E-state index in [2.05, 4.69) is 25.5 Å². The lowest BCUT2D eigenvalue weighted by Gasteiger charge is -2.47. The summed E-state index contributed by atoms with van der Waals surface area (Å²) in [5.74, 6) is -0.494. The van der Waals surface area contributed by atoms with Gasteiger partial charge in [-0.2, -0.15) is 26.3 Å². The minimum Gasteiger partial charge on any atom is -0.383 e. The topological polar surface area (TPSA) is 90.4 Å². The normalized spacial score (nSPS) is 23.0. The van der Waals surface area contributed by atoms with Gasteiger partial charge in [0.05, 0.1) is 23.7 Å². The summed E-state index contributed by atoms with van der Waals surface area (Å²) in [5, 5.41) is 18.6. The molecule has 0 atom stereocenters. The van der Waals surface area contributed by atoms with Gasteiger partial charge in [-0.05, 0) is 49.9 Å². The molecule has 3 aromatic rings. The van der Waals surface area contributed by atoms with Gasteiger partial charge in [0.2, 0.25) is 5.91 Å². The van der Waals surface area contributed by atoms with E-state index in [1.54, 1.807) is 6.20 Å². The first-order valence-corrected chi connectivity index (χ1v) is 13.2. The number of likely N-dealkylation sites (tertiary alicyclic amines) is 1. The Morgan fingerprint density at radius 2 is 1.82 bits per heavy atom. The number of nitrogens with zero attached hydrogens (tertiary/aromatic N) is 3. The number of carbonyl (C=O) groups is 1. The highest BCUT2D eigenvalue weighted by atomic mass is 32.1. The van der Waals surface area contributed by atoms with Crippen LogP contribution in [0.15, 0.2) is 35.8 Å². The van der Waals surface area contributed by atoms with E-state index in [1.165, 1.54) is 11.3 Å². The summed E-state index contributed by atoms with van der Waals surface area (Å²) < 4.78 is 79.5. The lowest BCUT2D eigenvalue weighted by molar-refractivity contribution is -0.141. The molecule has 1 aliphatic carbocycles. The Hall–Kier alpha value is -2.97. The summed E-state index contributed by atoms with van der Waals surface area (Å²) in [5.41, 5.74) is -3.75. The van der Waals surface area contributed by atoms with Gasteiger partial charge in [0.25, 0.3) is 0 Å². The van der Waals surface area contributed by atoms with Crippen LogP contribution in [0.2, 0.25) is 0 Å². The van der Waals surface area contributed by atoms with E-state index < -0.39 is 41.7 Å². The molecule has 0 unspecified atom stereocenters. The Labute approximate surface area is 223 Å². The van der Waals surface area contributed by atoms with E-state index in [-0.39, 0.29) is 28.7 Å². The Kier molecular flexibility index (Phi) is 7.22. The number of fused-ring (bicyclic) bond motifs is 1. The molecule has 0 radical (unpaired) electrons. The van der Waals surface area contributed by atoms with Gasteiger partial charge in [-0.1, -0.05) is 0 Å². The molecular formula is C25H25F6N5O2S. The fourth-order valence-corrected chi connectivity index (χ4v) is 5.96. The maximum atomic E-state index is 13.3. The molecule has 1 amide bonds. The minimum atomic E-state index is -4.82. The molecule has 3 heterocycles. The molecule has 2 fully saturated rings. The smallest absolute Gasteiger partial charge is 0.383 e. The molecule has 3 N–H and O–H groups in total. The first-order chi connectivity index (χ1) is 18.3. The number of alkyl halides is 6. The van der Waals surface area contributed by atoms with Gasteiger partial charge in [0.1, 0.15) is 16.3 Å². The number of hydrogen-bond donors (Lipinski definition) is 3. The average Bonchev–Trinajstić information content (AvgIpc) is 3.40. The fourth-order valence-electron chi connectivity index (χ4n) is 5.16. The number of rotatable bonds is 6. The number of aliphatic hydroxyl groups is 1. The number of hydrogen-bond acceptors (Lipinski definition) is 7. The Morgan fingerprint density at radius 1 is 1.10 bits per heavy atom. The van der Waals surface area contributed by atoms with Gasteiger partial charge in [0.15, 0.2) is 0 Å². The van der Waals surface area contributed by atoms with E-state index in [0.717, 1.165) is 23.9 Å². The van der Waals surface area contributed by atoms with Crippen LogP contribution in [0.25, 0.3) is 10.9 Å². The molecule has 1 aromatic carbocycles. The number of benzene rings is 1. The molecular weight excluding hydrogens is 548 g/mol. The molecule has 39 heavy (non-hydrogen) atoms. The standard InChI is InChI=1S/C25H25F6N5O2S/c26-24(27,28)14-1-2-18-17(9-14)19(10-20(35-18)25(29,30)31)33-11-21(37)34-15-12-36(13-15)16-3-5-23(38,6-4-16)22-32-7-8-39-22/h1-2,7-10,15-16,38H,3-6,11-13H2,(H,33,35)(H,34,37)/t16-,23+. The highest BCUT2D eigenvalue weighted by Crippen LogP contribution is 2.40. The van der Waals surface area contributed by atoms with Gasteiger partial charge in [-0.3, -0.25) is 9.69 Å². The monoisotopic (exact) mass is 573 g/mol. The summed E-state index contributed by atoms with van der Waals surface area (Å²) in [4.78, 5) is 22.4. The maximum absolute atomic E-state index is 13.3. The van der Waals surface area contributed by atoms with Crippen molar-refractivity contribution in [3.8, 4) is 0 Å². The molecule has 1 saturated carbocycles. The Bertz CT molecular complexity index is 1330. The van der Waals surface area contributed by atoms with Crippen LogP contribution in [-0.4, -0.2) is 57.6 Å². The van der Waals surface area contributed by atoms with Crippen LogP contribution in [0.1, 0.15) is 41.9 Å². The summed E-state index contributed by atoms with van der Waals surface area (Å²) in [6, 6.07) is 2.98. The summed E-state index contributed by atoms with van der Waals surface area (Å²) >= 11 is 1.43. The van der Waals surface area contributed by atoms with E-state index in [4.69, 9.17) is 0 Å². The number of nitrogens with one attached hydrogen (secondary N) is 2. The van der Waals surface area contributed by atoms with Crippen molar-refractivity contribution >= 4 is 33.8 Å². The zero-order chi connectivity index (χ0) is 28.0. The number of carbonyl (C=O) groups excluding carboxylic acids is 1. The van der Waals surface area contributed by atoms with Gasteiger partial charge >= 0.3 is 12.4 Å². The molecule has 0 spiro atoms. The van der Waals surface area contributed by atoms with Gasteiger partial charge in [-0.25, -0.2) is 9.97 Å². The lowest BCUT2D eigenvalue weighted by Crippen LogP contribution is -2.63. The van der Waals surface area contributed by atoms with Crippen LogP contribution in [0.5, 0.6) is 0 Å². The molecule has 2 aliphatic rings. The predicted molar refractivity (Wildman–Crippen MR) is 132 cm³/mol. The molecule has 14 heteroatoms. The molecule has 7 nitrogen and oxygen atoms in total. The van der Waals surface area contributed by atoms with E-state index in [9.17, 15) is 36.2 Å². The van der Waals surface area contributed by atoms with Crippen molar-refractivity contribution in [1.82, 2.24) is 20.2 Å². The minimum absolute atomic E-state index is 0.157. The number of halogens is 6. The van der Waals surface area contributed by atoms with Crippen molar-refractivity contribution < 1.29 is 36.2 Å². The second-order valence-corrected chi connectivity index (χ2v) is 10.8. The largest absolute Gasteiger partial charge is 0.433 e. The number of anilines is 1. The summed E-state index contributed by atoms with van der Waals surface area (Å²) in [7, 11) is 0. The number of aromatic nitrogens is 2. The molecule has 210 valence electrons. The van der Waals surface area contributed by atoms with Gasteiger partial charge < -0.3 is 15.7 Å². The zero-order valence-corrected chi connectivity index (χ0v) is 21.3.